The first-order chi connectivity index (χ1) is 6.27. The van der Waals surface area contributed by atoms with Crippen molar-refractivity contribution < 1.29 is 0 Å². The maximum absolute atomic E-state index is 11.0. The topological polar surface area (TPSA) is 33.2 Å². The van der Waals surface area contributed by atoms with Crippen LogP contribution in [-0.4, -0.2) is 18.1 Å². The minimum Gasteiger partial charge on any atom is -0.357 e. The van der Waals surface area contributed by atoms with Crippen LogP contribution < -0.4 is 10.3 Å². The zero-order chi connectivity index (χ0) is 9.68. The van der Waals surface area contributed by atoms with Crippen LogP contribution >= 0.6 is 0 Å². The Morgan fingerprint density at radius 3 is 2.54 bits per heavy atom. The van der Waals surface area contributed by atoms with Gasteiger partial charge in [0.1, 0.15) is 5.82 Å². The van der Waals surface area contributed by atoms with Crippen LogP contribution in [0.1, 0.15) is 13.8 Å². The molecule has 1 aromatic rings. The first-order valence-electron chi connectivity index (χ1n) is 4.49. The Hall–Kier alpha value is -1.38. The Bertz CT molecular complexity index is 321. The molecule has 0 amide bonds. The molecule has 1 rings (SSSR count). The second-order valence-corrected chi connectivity index (χ2v) is 2.71. The van der Waals surface area contributed by atoms with Crippen LogP contribution in [0, 0.1) is 0 Å². The molecule has 0 saturated carbocycles. The van der Waals surface area contributed by atoms with E-state index < -0.39 is 0 Å². The fourth-order valence-electron chi connectivity index (χ4n) is 1.18. The highest BCUT2D eigenvalue weighted by Gasteiger charge is 1.99. The lowest BCUT2D eigenvalue weighted by atomic mass is 10.4. The fraction of sp³-hybridized carbons (Fsp3) is 0.400. The second kappa shape index (κ2) is 4.60. The standard InChI is InChI=1S/C10H14N2O/c1-3-12(4-2)10-6-5-9(13)7-8-11-10/h5-8H,3-4H2,1-2H3. The largest absolute Gasteiger partial charge is 0.357 e. The summed E-state index contributed by atoms with van der Waals surface area (Å²) >= 11 is 0. The molecular formula is C10H14N2O. The summed E-state index contributed by atoms with van der Waals surface area (Å²) in [6.07, 6.45) is 1.55. The van der Waals surface area contributed by atoms with Crippen LogP contribution in [0.5, 0.6) is 0 Å². The number of rotatable bonds is 3. The zero-order valence-electron chi connectivity index (χ0n) is 8.03. The van der Waals surface area contributed by atoms with Gasteiger partial charge >= 0.3 is 0 Å². The zero-order valence-corrected chi connectivity index (χ0v) is 8.03. The van der Waals surface area contributed by atoms with Crippen molar-refractivity contribution in [1.29, 1.82) is 0 Å². The maximum atomic E-state index is 11.0. The highest BCUT2D eigenvalue weighted by molar-refractivity contribution is 5.36. The van der Waals surface area contributed by atoms with Gasteiger partial charge in [0.2, 0.25) is 0 Å². The van der Waals surface area contributed by atoms with Crippen molar-refractivity contribution in [2.45, 2.75) is 13.8 Å². The molecule has 0 bridgehead atoms. The Labute approximate surface area is 78.0 Å². The van der Waals surface area contributed by atoms with Gasteiger partial charge in [0.15, 0.2) is 5.43 Å². The average Bonchev–Trinajstić information content (AvgIpc) is 2.34. The molecule has 0 spiro atoms. The number of nitrogens with zero attached hydrogens (tertiary/aromatic N) is 2. The van der Waals surface area contributed by atoms with Crippen LogP contribution in [0.4, 0.5) is 5.82 Å². The molecule has 0 aliphatic rings. The molecule has 0 unspecified atom stereocenters. The number of aromatic nitrogens is 1. The summed E-state index contributed by atoms with van der Waals surface area (Å²) in [5, 5.41) is 0. The predicted octanol–water partition coefficient (Wildman–Crippen LogP) is 1.29. The molecular weight excluding hydrogens is 164 g/mol. The van der Waals surface area contributed by atoms with E-state index in [2.05, 4.69) is 23.7 Å². The first-order valence-corrected chi connectivity index (χ1v) is 4.49. The van der Waals surface area contributed by atoms with E-state index in [1.807, 2.05) is 0 Å². The molecule has 70 valence electrons. The highest BCUT2D eigenvalue weighted by Crippen LogP contribution is 2.05. The van der Waals surface area contributed by atoms with E-state index in [1.165, 1.54) is 6.07 Å². The lowest BCUT2D eigenvalue weighted by Gasteiger charge is -2.17. The fourth-order valence-corrected chi connectivity index (χ4v) is 1.18. The third-order valence-electron chi connectivity index (χ3n) is 1.93. The van der Waals surface area contributed by atoms with E-state index in [4.69, 9.17) is 0 Å². The summed E-state index contributed by atoms with van der Waals surface area (Å²) in [6.45, 7) is 5.94. The predicted molar refractivity (Wildman–Crippen MR) is 54.1 cm³/mol. The van der Waals surface area contributed by atoms with E-state index in [-0.39, 0.29) is 5.43 Å². The van der Waals surface area contributed by atoms with Gasteiger partial charge in [0, 0.05) is 25.4 Å². The van der Waals surface area contributed by atoms with Gasteiger partial charge in [-0.2, -0.15) is 0 Å². The van der Waals surface area contributed by atoms with E-state index in [0.29, 0.717) is 0 Å². The van der Waals surface area contributed by atoms with Gasteiger partial charge in [-0.15, -0.1) is 0 Å². The smallest absolute Gasteiger partial charge is 0.180 e. The number of hydrogen-bond acceptors (Lipinski definition) is 3. The van der Waals surface area contributed by atoms with E-state index in [0.717, 1.165) is 18.9 Å². The van der Waals surface area contributed by atoms with Gasteiger partial charge in [0.05, 0.1) is 0 Å². The van der Waals surface area contributed by atoms with Gasteiger partial charge in [-0.25, -0.2) is 4.98 Å². The van der Waals surface area contributed by atoms with Gasteiger partial charge < -0.3 is 4.90 Å². The molecule has 3 nitrogen and oxygen atoms in total. The van der Waals surface area contributed by atoms with Crippen molar-refractivity contribution in [3.05, 3.63) is 34.6 Å². The molecule has 0 radical (unpaired) electrons. The van der Waals surface area contributed by atoms with Crippen molar-refractivity contribution in [2.24, 2.45) is 0 Å². The Morgan fingerprint density at radius 2 is 1.92 bits per heavy atom. The van der Waals surface area contributed by atoms with Gasteiger partial charge in [-0.05, 0) is 26.0 Å². The Morgan fingerprint density at radius 1 is 1.23 bits per heavy atom. The molecule has 0 saturated heterocycles. The molecule has 0 aliphatic carbocycles. The van der Waals surface area contributed by atoms with Crippen molar-refractivity contribution >= 4 is 5.82 Å². The van der Waals surface area contributed by atoms with Crippen LogP contribution in [0.2, 0.25) is 0 Å². The molecule has 1 heterocycles. The van der Waals surface area contributed by atoms with E-state index >= 15 is 0 Å². The van der Waals surface area contributed by atoms with Crippen molar-refractivity contribution in [3.63, 3.8) is 0 Å². The minimum absolute atomic E-state index is 0.00842. The van der Waals surface area contributed by atoms with Crippen LogP contribution in [0.3, 0.4) is 0 Å². The summed E-state index contributed by atoms with van der Waals surface area (Å²) in [7, 11) is 0. The van der Waals surface area contributed by atoms with Crippen LogP contribution in [-0.2, 0) is 0 Å². The van der Waals surface area contributed by atoms with Crippen molar-refractivity contribution in [1.82, 2.24) is 4.98 Å². The quantitative estimate of drug-likeness (QED) is 0.699. The Balaban J connectivity index is 3.02. The molecule has 1 aromatic heterocycles. The second-order valence-electron chi connectivity index (χ2n) is 2.71. The number of hydrogen-bond donors (Lipinski definition) is 0. The third kappa shape index (κ3) is 2.54. The van der Waals surface area contributed by atoms with E-state index in [1.54, 1.807) is 18.3 Å². The lowest BCUT2D eigenvalue weighted by Crippen LogP contribution is -2.22. The van der Waals surface area contributed by atoms with Crippen molar-refractivity contribution in [2.75, 3.05) is 18.0 Å². The number of anilines is 1. The highest BCUT2D eigenvalue weighted by atomic mass is 16.1. The monoisotopic (exact) mass is 178 g/mol. The molecule has 0 aromatic carbocycles. The summed E-state index contributed by atoms with van der Waals surface area (Å²) in [4.78, 5) is 17.2. The summed E-state index contributed by atoms with van der Waals surface area (Å²) in [5.74, 6) is 0.854. The summed E-state index contributed by atoms with van der Waals surface area (Å²) in [6, 6.07) is 4.77. The van der Waals surface area contributed by atoms with Crippen LogP contribution in [0.15, 0.2) is 29.2 Å². The van der Waals surface area contributed by atoms with E-state index in [9.17, 15) is 4.79 Å². The minimum atomic E-state index is -0.00842. The van der Waals surface area contributed by atoms with Gasteiger partial charge in [-0.3, -0.25) is 4.79 Å². The lowest BCUT2D eigenvalue weighted by molar-refractivity contribution is 0.848. The first kappa shape index (κ1) is 9.71. The van der Waals surface area contributed by atoms with Gasteiger partial charge in [-0.1, -0.05) is 0 Å². The van der Waals surface area contributed by atoms with Crippen molar-refractivity contribution in [3.8, 4) is 0 Å². The molecule has 0 aliphatic heterocycles. The third-order valence-corrected chi connectivity index (χ3v) is 1.93. The molecule has 0 atom stereocenters. The van der Waals surface area contributed by atoms with Crippen LogP contribution in [0.25, 0.3) is 0 Å². The molecule has 3 heteroatoms. The summed E-state index contributed by atoms with van der Waals surface area (Å²) in [5.41, 5.74) is -0.00842. The normalized spacial score (nSPS) is 9.69. The molecule has 13 heavy (non-hydrogen) atoms. The summed E-state index contributed by atoms with van der Waals surface area (Å²) < 4.78 is 0. The van der Waals surface area contributed by atoms with Gasteiger partial charge in [0.25, 0.3) is 0 Å². The Kier molecular flexibility index (Phi) is 3.43. The maximum Gasteiger partial charge on any atom is 0.180 e. The molecule has 0 N–H and O–H groups in total. The average molecular weight is 178 g/mol. The SMILES string of the molecule is CCN(CC)c1ccc(=O)ccn1. The molecule has 0 fully saturated rings.